The van der Waals surface area contributed by atoms with Gasteiger partial charge in [0.1, 0.15) is 6.61 Å². The molecule has 0 saturated heterocycles. The van der Waals surface area contributed by atoms with Crippen LogP contribution in [0.5, 0.6) is 0 Å². The Hall–Kier alpha value is -1.07. The minimum Gasteiger partial charge on any atom is -0.399 e. The van der Waals surface area contributed by atoms with Crippen LogP contribution in [-0.2, 0) is 9.53 Å². The molecule has 0 fully saturated rings. The molecule has 0 spiro atoms. The van der Waals surface area contributed by atoms with Crippen LogP contribution in [0.3, 0.4) is 0 Å². The molecule has 4 nitrogen and oxygen atoms in total. The highest BCUT2D eigenvalue weighted by atomic mass is 79.9. The summed E-state index contributed by atoms with van der Waals surface area (Å²) in [7, 11) is 0. The topological polar surface area (TPSA) is 64.3 Å². The number of nitrogens with one attached hydrogen (secondary N) is 1. The summed E-state index contributed by atoms with van der Waals surface area (Å²) in [4.78, 5) is 11.7. The third kappa shape index (κ3) is 6.91. The molecule has 0 unspecified atom stereocenters. The van der Waals surface area contributed by atoms with Gasteiger partial charge in [-0.1, -0.05) is 32.6 Å². The second-order valence-electron chi connectivity index (χ2n) is 4.75. The van der Waals surface area contributed by atoms with Crippen molar-refractivity contribution in [1.29, 1.82) is 0 Å². The highest BCUT2D eigenvalue weighted by molar-refractivity contribution is 9.10. The van der Waals surface area contributed by atoms with Crippen LogP contribution in [0, 0.1) is 0 Å². The van der Waals surface area contributed by atoms with Gasteiger partial charge in [-0.2, -0.15) is 0 Å². The molecule has 0 aliphatic heterocycles. The number of hydrogen-bond donors (Lipinski definition) is 2. The van der Waals surface area contributed by atoms with Crippen molar-refractivity contribution in [3.05, 3.63) is 22.7 Å². The molecule has 0 saturated carbocycles. The van der Waals surface area contributed by atoms with Gasteiger partial charge in [0.25, 0.3) is 0 Å². The number of ether oxygens (including phenoxy) is 1. The molecule has 20 heavy (non-hydrogen) atoms. The zero-order valence-corrected chi connectivity index (χ0v) is 13.5. The van der Waals surface area contributed by atoms with E-state index in [9.17, 15) is 4.79 Å². The molecule has 1 rings (SSSR count). The van der Waals surface area contributed by atoms with E-state index in [2.05, 4.69) is 28.2 Å². The average Bonchev–Trinajstić information content (AvgIpc) is 2.41. The zero-order valence-electron chi connectivity index (χ0n) is 12.0. The quantitative estimate of drug-likeness (QED) is 0.527. The molecule has 1 amide bonds. The molecule has 5 heteroatoms. The lowest BCUT2D eigenvalue weighted by Crippen LogP contribution is -2.19. The number of nitrogens with two attached hydrogens (primary N) is 1. The minimum atomic E-state index is -0.149. The Balaban J connectivity index is 2.17. The summed E-state index contributed by atoms with van der Waals surface area (Å²) in [6, 6.07) is 5.27. The van der Waals surface area contributed by atoms with Crippen molar-refractivity contribution in [2.75, 3.05) is 24.3 Å². The molecule has 1 aromatic carbocycles. The third-order valence-electron chi connectivity index (χ3n) is 2.89. The van der Waals surface area contributed by atoms with Crippen molar-refractivity contribution < 1.29 is 9.53 Å². The van der Waals surface area contributed by atoms with Gasteiger partial charge in [0, 0.05) is 16.8 Å². The van der Waals surface area contributed by atoms with Crippen LogP contribution in [0.15, 0.2) is 22.7 Å². The molecule has 0 aliphatic rings. The van der Waals surface area contributed by atoms with Crippen molar-refractivity contribution in [2.45, 2.75) is 39.0 Å². The number of carbonyl (C=O) groups is 1. The smallest absolute Gasteiger partial charge is 0.250 e. The van der Waals surface area contributed by atoms with E-state index < -0.39 is 0 Å². The first-order chi connectivity index (χ1) is 9.63. The highest BCUT2D eigenvalue weighted by Gasteiger charge is 2.05. The summed E-state index contributed by atoms with van der Waals surface area (Å²) in [5, 5.41) is 2.78. The van der Waals surface area contributed by atoms with E-state index >= 15 is 0 Å². The maximum absolute atomic E-state index is 11.7. The fraction of sp³-hybridized carbons (Fsp3) is 0.533. The predicted molar refractivity (Wildman–Crippen MR) is 86.8 cm³/mol. The predicted octanol–water partition coefficient (Wildman–Crippen LogP) is 3.96. The molecule has 1 aromatic rings. The van der Waals surface area contributed by atoms with Crippen molar-refractivity contribution in [3.63, 3.8) is 0 Å². The van der Waals surface area contributed by atoms with Crippen LogP contribution >= 0.6 is 15.9 Å². The van der Waals surface area contributed by atoms with Crippen molar-refractivity contribution in [2.24, 2.45) is 0 Å². The second kappa shape index (κ2) is 9.77. The maximum atomic E-state index is 11.7. The second-order valence-corrected chi connectivity index (χ2v) is 5.61. The minimum absolute atomic E-state index is 0.0879. The number of benzene rings is 1. The molecule has 0 atom stereocenters. The largest absolute Gasteiger partial charge is 0.399 e. The van der Waals surface area contributed by atoms with E-state index in [4.69, 9.17) is 10.5 Å². The summed E-state index contributed by atoms with van der Waals surface area (Å²) in [6.45, 7) is 2.92. The Kier molecular flexibility index (Phi) is 8.30. The van der Waals surface area contributed by atoms with Gasteiger partial charge in [-0.05, 0) is 40.5 Å². The number of hydrogen-bond acceptors (Lipinski definition) is 3. The molecular weight excluding hydrogens is 320 g/mol. The van der Waals surface area contributed by atoms with Gasteiger partial charge >= 0.3 is 0 Å². The van der Waals surface area contributed by atoms with E-state index in [-0.39, 0.29) is 12.5 Å². The van der Waals surface area contributed by atoms with Crippen molar-refractivity contribution >= 4 is 33.2 Å². The SMILES string of the molecule is CCCCCCCOCC(=O)Nc1ccc(N)cc1Br. The van der Waals surface area contributed by atoms with E-state index in [1.54, 1.807) is 18.2 Å². The fourth-order valence-corrected chi connectivity index (χ4v) is 2.29. The van der Waals surface area contributed by atoms with E-state index in [1.165, 1.54) is 25.7 Å². The third-order valence-corrected chi connectivity index (χ3v) is 3.55. The first-order valence-corrected chi connectivity index (χ1v) is 7.85. The molecule has 0 radical (unpaired) electrons. The lowest BCUT2D eigenvalue weighted by molar-refractivity contribution is -0.120. The van der Waals surface area contributed by atoms with Crippen LogP contribution in [0.25, 0.3) is 0 Å². The zero-order chi connectivity index (χ0) is 14.8. The number of rotatable bonds is 9. The van der Waals surface area contributed by atoms with Crippen LogP contribution < -0.4 is 11.1 Å². The molecule has 0 heterocycles. The van der Waals surface area contributed by atoms with E-state index in [0.29, 0.717) is 18.0 Å². The first kappa shape index (κ1) is 17.0. The molecule has 112 valence electrons. The summed E-state index contributed by atoms with van der Waals surface area (Å²) in [6.07, 6.45) is 5.92. The number of halogens is 1. The fourth-order valence-electron chi connectivity index (χ4n) is 1.79. The molecule has 0 aromatic heterocycles. The van der Waals surface area contributed by atoms with Gasteiger partial charge in [0.15, 0.2) is 0 Å². The Morgan fingerprint density at radius 2 is 2.05 bits per heavy atom. The van der Waals surface area contributed by atoms with Gasteiger partial charge in [0.2, 0.25) is 5.91 Å². The molecular formula is C15H23BrN2O2. The number of anilines is 2. The average molecular weight is 343 g/mol. The molecule has 3 N–H and O–H groups in total. The monoisotopic (exact) mass is 342 g/mol. The van der Waals surface area contributed by atoms with Gasteiger partial charge in [-0.25, -0.2) is 0 Å². The number of unbranched alkanes of at least 4 members (excludes halogenated alkanes) is 4. The summed E-state index contributed by atoms with van der Waals surface area (Å²) in [5.41, 5.74) is 6.99. The Morgan fingerprint density at radius 1 is 1.30 bits per heavy atom. The van der Waals surface area contributed by atoms with Crippen LogP contribution in [0.2, 0.25) is 0 Å². The van der Waals surface area contributed by atoms with Crippen molar-refractivity contribution in [1.82, 2.24) is 0 Å². The van der Waals surface area contributed by atoms with Crippen LogP contribution in [0.1, 0.15) is 39.0 Å². The Bertz CT molecular complexity index is 424. The summed E-state index contributed by atoms with van der Waals surface area (Å²) >= 11 is 3.36. The molecule has 0 bridgehead atoms. The number of carbonyl (C=O) groups excluding carboxylic acids is 1. The number of nitrogen functional groups attached to an aromatic ring is 1. The summed E-state index contributed by atoms with van der Waals surface area (Å²) < 4.78 is 6.13. The van der Waals surface area contributed by atoms with E-state index in [0.717, 1.165) is 10.9 Å². The standard InChI is InChI=1S/C15H23BrN2O2/c1-2-3-4-5-6-9-20-11-15(19)18-14-8-7-12(17)10-13(14)16/h7-8,10H,2-6,9,11,17H2,1H3,(H,18,19). The lowest BCUT2D eigenvalue weighted by atomic mass is 10.2. The van der Waals surface area contributed by atoms with Gasteiger partial charge in [0.05, 0.1) is 5.69 Å². The Labute approximate surface area is 129 Å². The lowest BCUT2D eigenvalue weighted by Gasteiger charge is -2.08. The van der Waals surface area contributed by atoms with Crippen LogP contribution in [0.4, 0.5) is 11.4 Å². The summed E-state index contributed by atoms with van der Waals surface area (Å²) in [5.74, 6) is -0.149. The first-order valence-electron chi connectivity index (χ1n) is 7.06. The molecule has 0 aliphatic carbocycles. The van der Waals surface area contributed by atoms with E-state index in [1.807, 2.05) is 0 Å². The Morgan fingerprint density at radius 3 is 2.75 bits per heavy atom. The number of amides is 1. The van der Waals surface area contributed by atoms with Gasteiger partial charge in [-0.3, -0.25) is 4.79 Å². The van der Waals surface area contributed by atoms with Gasteiger partial charge < -0.3 is 15.8 Å². The van der Waals surface area contributed by atoms with Gasteiger partial charge in [-0.15, -0.1) is 0 Å². The highest BCUT2D eigenvalue weighted by Crippen LogP contribution is 2.24. The maximum Gasteiger partial charge on any atom is 0.250 e. The van der Waals surface area contributed by atoms with Crippen LogP contribution in [-0.4, -0.2) is 19.1 Å². The normalized spacial score (nSPS) is 10.5. The van der Waals surface area contributed by atoms with Crippen molar-refractivity contribution in [3.8, 4) is 0 Å².